The number of nitrogens with zero attached hydrogens (tertiary/aromatic N) is 1. The zero-order valence-corrected chi connectivity index (χ0v) is 8.30. The molecule has 0 aliphatic carbocycles. The van der Waals surface area contributed by atoms with Crippen LogP contribution in [0.4, 0.5) is 0 Å². The predicted octanol–water partition coefficient (Wildman–Crippen LogP) is 1.21. The van der Waals surface area contributed by atoms with Crippen LogP contribution in [0.1, 0.15) is 10.4 Å². The highest BCUT2D eigenvalue weighted by atomic mass is 32.2. The molecule has 13 heavy (non-hydrogen) atoms. The lowest BCUT2D eigenvalue weighted by atomic mass is 10.3. The first-order valence-electron chi connectivity index (χ1n) is 4.06. The van der Waals surface area contributed by atoms with E-state index >= 15 is 0 Å². The van der Waals surface area contributed by atoms with Gasteiger partial charge in [0.05, 0.1) is 0 Å². The molecule has 0 aliphatic heterocycles. The smallest absolute Gasteiger partial charge is 0.152 e. The summed E-state index contributed by atoms with van der Waals surface area (Å²) < 4.78 is 0. The van der Waals surface area contributed by atoms with Crippen LogP contribution < -0.4 is 5.32 Å². The van der Waals surface area contributed by atoms with Gasteiger partial charge in [0.2, 0.25) is 0 Å². The van der Waals surface area contributed by atoms with Gasteiger partial charge in [0.25, 0.3) is 0 Å². The Morgan fingerprint density at radius 2 is 2.54 bits per heavy atom. The van der Waals surface area contributed by atoms with Crippen LogP contribution in [0.15, 0.2) is 23.4 Å². The number of rotatable bonds is 5. The van der Waals surface area contributed by atoms with Gasteiger partial charge in [-0.15, -0.1) is 11.8 Å². The monoisotopic (exact) mass is 196 g/mol. The number of thioether (sulfide) groups is 1. The van der Waals surface area contributed by atoms with E-state index in [0.717, 1.165) is 23.6 Å². The fraction of sp³-hybridized carbons (Fsp3) is 0.333. The van der Waals surface area contributed by atoms with Crippen molar-refractivity contribution in [3.05, 3.63) is 23.9 Å². The molecule has 0 spiro atoms. The summed E-state index contributed by atoms with van der Waals surface area (Å²) in [5.74, 6) is 0.925. The lowest BCUT2D eigenvalue weighted by Crippen LogP contribution is -2.09. The van der Waals surface area contributed by atoms with Crippen LogP contribution in [-0.4, -0.2) is 30.6 Å². The van der Waals surface area contributed by atoms with Crippen LogP contribution in [0.2, 0.25) is 0 Å². The van der Waals surface area contributed by atoms with E-state index in [2.05, 4.69) is 10.3 Å². The van der Waals surface area contributed by atoms with Gasteiger partial charge in [0.1, 0.15) is 5.03 Å². The summed E-state index contributed by atoms with van der Waals surface area (Å²) in [6.07, 6.45) is 2.55. The average Bonchev–Trinajstić information content (AvgIpc) is 2.19. The standard InChI is InChI=1S/C9H12N2OS/c1-10-5-6-13-9-8(7-12)3-2-4-11-9/h2-4,7,10H,5-6H2,1H3. The quantitative estimate of drug-likeness (QED) is 0.436. The van der Waals surface area contributed by atoms with Crippen molar-refractivity contribution in [2.45, 2.75) is 5.03 Å². The molecule has 1 rings (SSSR count). The number of aromatic nitrogens is 1. The molecule has 0 aliphatic rings. The minimum absolute atomic E-state index is 0.670. The van der Waals surface area contributed by atoms with Crippen LogP contribution in [0.3, 0.4) is 0 Å². The molecular weight excluding hydrogens is 184 g/mol. The second kappa shape index (κ2) is 5.72. The highest BCUT2D eigenvalue weighted by Gasteiger charge is 2.01. The zero-order valence-electron chi connectivity index (χ0n) is 7.49. The Morgan fingerprint density at radius 1 is 1.69 bits per heavy atom. The maximum Gasteiger partial charge on any atom is 0.152 e. The van der Waals surface area contributed by atoms with Gasteiger partial charge in [-0.05, 0) is 19.2 Å². The van der Waals surface area contributed by atoms with Crippen molar-refractivity contribution < 1.29 is 4.79 Å². The van der Waals surface area contributed by atoms with E-state index in [9.17, 15) is 4.79 Å². The predicted molar refractivity (Wildman–Crippen MR) is 54.3 cm³/mol. The van der Waals surface area contributed by atoms with Crippen LogP contribution in [0.25, 0.3) is 0 Å². The summed E-state index contributed by atoms with van der Waals surface area (Å²) in [5, 5.41) is 3.85. The van der Waals surface area contributed by atoms with Gasteiger partial charge in [0.15, 0.2) is 6.29 Å². The minimum atomic E-state index is 0.670. The summed E-state index contributed by atoms with van der Waals surface area (Å²) in [5.41, 5.74) is 0.670. The van der Waals surface area contributed by atoms with Crippen LogP contribution >= 0.6 is 11.8 Å². The van der Waals surface area contributed by atoms with Gasteiger partial charge in [-0.1, -0.05) is 0 Å². The number of aldehydes is 1. The van der Waals surface area contributed by atoms with E-state index in [0.29, 0.717) is 5.56 Å². The van der Waals surface area contributed by atoms with Crippen molar-refractivity contribution in [3.63, 3.8) is 0 Å². The second-order valence-corrected chi connectivity index (χ2v) is 3.55. The Bertz CT molecular complexity index is 278. The van der Waals surface area contributed by atoms with Crippen molar-refractivity contribution in [2.24, 2.45) is 0 Å². The van der Waals surface area contributed by atoms with Gasteiger partial charge in [0, 0.05) is 24.1 Å². The summed E-state index contributed by atoms with van der Waals surface area (Å²) in [6.45, 7) is 0.916. The molecule has 0 amide bonds. The molecule has 0 saturated carbocycles. The molecule has 1 aromatic heterocycles. The van der Waals surface area contributed by atoms with E-state index in [1.54, 1.807) is 30.1 Å². The van der Waals surface area contributed by atoms with E-state index in [-0.39, 0.29) is 0 Å². The number of hydrogen-bond donors (Lipinski definition) is 1. The van der Waals surface area contributed by atoms with Crippen molar-refractivity contribution >= 4 is 18.0 Å². The Labute approximate surface area is 81.9 Å². The highest BCUT2D eigenvalue weighted by molar-refractivity contribution is 7.99. The number of carbonyl (C=O) groups excluding carboxylic acids is 1. The first kappa shape index (κ1) is 10.2. The normalized spacial score (nSPS) is 9.92. The van der Waals surface area contributed by atoms with Gasteiger partial charge < -0.3 is 5.32 Å². The Morgan fingerprint density at radius 3 is 3.23 bits per heavy atom. The number of pyridine rings is 1. The molecule has 0 unspecified atom stereocenters. The molecule has 1 aromatic rings. The van der Waals surface area contributed by atoms with E-state index in [1.165, 1.54) is 0 Å². The average molecular weight is 196 g/mol. The SMILES string of the molecule is CNCCSc1ncccc1C=O. The van der Waals surface area contributed by atoms with Crippen LogP contribution in [-0.2, 0) is 0 Å². The number of nitrogens with one attached hydrogen (secondary N) is 1. The van der Waals surface area contributed by atoms with Gasteiger partial charge in [-0.2, -0.15) is 0 Å². The molecule has 70 valence electrons. The summed E-state index contributed by atoms with van der Waals surface area (Å²) in [7, 11) is 1.90. The molecule has 0 atom stereocenters. The second-order valence-electron chi connectivity index (χ2n) is 2.47. The molecule has 0 aromatic carbocycles. The summed E-state index contributed by atoms with van der Waals surface area (Å²) in [4.78, 5) is 14.7. The Hall–Kier alpha value is -0.870. The van der Waals surface area contributed by atoms with Gasteiger partial charge in [-0.25, -0.2) is 4.98 Å². The lowest BCUT2D eigenvalue weighted by molar-refractivity contribution is 0.112. The van der Waals surface area contributed by atoms with Crippen LogP contribution in [0, 0.1) is 0 Å². The minimum Gasteiger partial charge on any atom is -0.319 e. The Balaban J connectivity index is 2.59. The maximum absolute atomic E-state index is 10.6. The topological polar surface area (TPSA) is 42.0 Å². The highest BCUT2D eigenvalue weighted by Crippen LogP contribution is 2.17. The number of carbonyl (C=O) groups is 1. The molecular formula is C9H12N2OS. The van der Waals surface area contributed by atoms with Crippen molar-refractivity contribution in [1.82, 2.24) is 10.3 Å². The van der Waals surface area contributed by atoms with Crippen molar-refractivity contribution in [3.8, 4) is 0 Å². The molecule has 0 radical (unpaired) electrons. The van der Waals surface area contributed by atoms with Crippen molar-refractivity contribution in [1.29, 1.82) is 0 Å². The molecule has 1 N–H and O–H groups in total. The summed E-state index contributed by atoms with van der Waals surface area (Å²) in [6, 6.07) is 3.55. The van der Waals surface area contributed by atoms with Crippen molar-refractivity contribution in [2.75, 3.05) is 19.3 Å². The molecule has 4 heteroatoms. The first-order chi connectivity index (χ1) is 6.38. The van der Waals surface area contributed by atoms with Crippen LogP contribution in [0.5, 0.6) is 0 Å². The fourth-order valence-electron chi connectivity index (χ4n) is 0.863. The molecule has 0 saturated heterocycles. The van der Waals surface area contributed by atoms with E-state index in [1.807, 2.05) is 7.05 Å². The fourth-order valence-corrected chi connectivity index (χ4v) is 1.78. The molecule has 3 nitrogen and oxygen atoms in total. The molecule has 1 heterocycles. The lowest BCUT2D eigenvalue weighted by Gasteiger charge is -2.01. The van der Waals surface area contributed by atoms with Gasteiger partial charge >= 0.3 is 0 Å². The first-order valence-corrected chi connectivity index (χ1v) is 5.04. The molecule has 0 fully saturated rings. The van der Waals surface area contributed by atoms with E-state index < -0.39 is 0 Å². The van der Waals surface area contributed by atoms with E-state index in [4.69, 9.17) is 0 Å². The summed E-state index contributed by atoms with van der Waals surface area (Å²) >= 11 is 1.59. The Kier molecular flexibility index (Phi) is 4.49. The third-order valence-corrected chi connectivity index (χ3v) is 2.54. The zero-order chi connectivity index (χ0) is 9.52. The maximum atomic E-state index is 10.6. The largest absolute Gasteiger partial charge is 0.319 e. The number of hydrogen-bond acceptors (Lipinski definition) is 4. The third kappa shape index (κ3) is 3.16. The third-order valence-electron chi connectivity index (χ3n) is 1.52. The molecule has 0 bridgehead atoms. The van der Waals surface area contributed by atoms with Gasteiger partial charge in [-0.3, -0.25) is 4.79 Å².